The number of rotatable bonds is 3. The van der Waals surface area contributed by atoms with E-state index in [9.17, 15) is 10.1 Å². The molecule has 0 aliphatic rings. The second-order valence-electron chi connectivity index (χ2n) is 3.65. The van der Waals surface area contributed by atoms with Crippen LogP contribution in [0.4, 0.5) is 17.5 Å². The van der Waals surface area contributed by atoms with Crippen molar-refractivity contribution in [2.24, 2.45) is 14.1 Å². The molecule has 0 saturated heterocycles. The summed E-state index contributed by atoms with van der Waals surface area (Å²) in [5, 5.41) is 17.8. The fourth-order valence-electron chi connectivity index (χ4n) is 1.46. The van der Waals surface area contributed by atoms with Crippen LogP contribution in [0.3, 0.4) is 0 Å². The summed E-state index contributed by atoms with van der Waals surface area (Å²) in [6.07, 6.45) is 1.75. The van der Waals surface area contributed by atoms with E-state index >= 15 is 0 Å². The van der Waals surface area contributed by atoms with E-state index in [1.807, 2.05) is 0 Å². The van der Waals surface area contributed by atoms with E-state index in [-0.39, 0.29) is 5.82 Å². The molecule has 0 aromatic carbocycles. The van der Waals surface area contributed by atoms with Crippen molar-refractivity contribution in [2.45, 2.75) is 6.92 Å². The summed E-state index contributed by atoms with van der Waals surface area (Å²) in [6, 6.07) is 1.73. The van der Waals surface area contributed by atoms with Crippen molar-refractivity contribution in [3.8, 4) is 0 Å². The molecule has 17 heavy (non-hydrogen) atoms. The molecule has 8 heteroatoms. The lowest BCUT2D eigenvalue weighted by molar-refractivity contribution is -0.388. The molecule has 0 bridgehead atoms. The molecule has 0 atom stereocenters. The zero-order chi connectivity index (χ0) is 12.6. The van der Waals surface area contributed by atoms with Gasteiger partial charge in [0.15, 0.2) is 5.82 Å². The number of nitro groups is 1. The lowest BCUT2D eigenvalue weighted by atomic mass is 10.5. The maximum absolute atomic E-state index is 10.8. The summed E-state index contributed by atoms with van der Waals surface area (Å²) >= 11 is 0. The number of anilines is 2. The summed E-state index contributed by atoms with van der Waals surface area (Å²) in [7, 11) is 3.48. The van der Waals surface area contributed by atoms with Crippen molar-refractivity contribution in [1.29, 1.82) is 0 Å². The highest BCUT2D eigenvalue weighted by Crippen LogP contribution is 2.26. The zero-order valence-electron chi connectivity index (χ0n) is 9.71. The molecule has 0 fully saturated rings. The summed E-state index contributed by atoms with van der Waals surface area (Å²) in [5.41, 5.74) is 0. The van der Waals surface area contributed by atoms with Gasteiger partial charge in [0, 0.05) is 33.3 Å². The van der Waals surface area contributed by atoms with E-state index in [0.29, 0.717) is 17.5 Å². The van der Waals surface area contributed by atoms with Gasteiger partial charge in [0.1, 0.15) is 0 Å². The third-order valence-corrected chi connectivity index (χ3v) is 2.43. The Kier molecular flexibility index (Phi) is 2.54. The molecule has 8 nitrogen and oxygen atoms in total. The molecular weight excluding hydrogens is 224 g/mol. The summed E-state index contributed by atoms with van der Waals surface area (Å²) < 4.78 is 3.23. The molecule has 2 aromatic heterocycles. The minimum absolute atomic E-state index is 0.198. The lowest BCUT2D eigenvalue weighted by Crippen LogP contribution is -2.02. The van der Waals surface area contributed by atoms with Crippen molar-refractivity contribution >= 4 is 17.5 Å². The van der Waals surface area contributed by atoms with Crippen LogP contribution in [0.2, 0.25) is 0 Å². The van der Waals surface area contributed by atoms with Gasteiger partial charge in [0.25, 0.3) is 0 Å². The topological polar surface area (TPSA) is 90.8 Å². The van der Waals surface area contributed by atoms with E-state index in [2.05, 4.69) is 15.4 Å². The van der Waals surface area contributed by atoms with Crippen molar-refractivity contribution < 1.29 is 4.92 Å². The van der Waals surface area contributed by atoms with E-state index in [0.717, 1.165) is 0 Å². The van der Waals surface area contributed by atoms with Gasteiger partial charge in [0.05, 0.1) is 0 Å². The van der Waals surface area contributed by atoms with Crippen LogP contribution in [0, 0.1) is 17.0 Å². The molecular formula is C9H12N6O2. The summed E-state index contributed by atoms with van der Waals surface area (Å²) in [4.78, 5) is 14.2. The predicted octanol–water partition coefficient (Wildman–Crippen LogP) is 1.11. The third-order valence-electron chi connectivity index (χ3n) is 2.43. The van der Waals surface area contributed by atoms with Gasteiger partial charge in [-0.2, -0.15) is 5.10 Å². The van der Waals surface area contributed by atoms with Crippen LogP contribution in [0.15, 0.2) is 12.3 Å². The Bertz CT molecular complexity index is 570. The molecule has 2 heterocycles. The van der Waals surface area contributed by atoms with Crippen molar-refractivity contribution in [3.63, 3.8) is 0 Å². The molecule has 0 unspecified atom stereocenters. The Hall–Kier alpha value is -2.38. The average molecular weight is 236 g/mol. The van der Waals surface area contributed by atoms with E-state index in [1.54, 1.807) is 42.5 Å². The number of aromatic nitrogens is 4. The van der Waals surface area contributed by atoms with Gasteiger partial charge in [0.2, 0.25) is 11.6 Å². The lowest BCUT2D eigenvalue weighted by Gasteiger charge is -2.03. The fourth-order valence-corrected chi connectivity index (χ4v) is 1.46. The third kappa shape index (κ3) is 1.96. The van der Waals surface area contributed by atoms with Crippen LogP contribution >= 0.6 is 0 Å². The van der Waals surface area contributed by atoms with Gasteiger partial charge in [-0.05, 0) is 9.91 Å². The van der Waals surface area contributed by atoms with Crippen molar-refractivity contribution in [1.82, 2.24) is 19.3 Å². The van der Waals surface area contributed by atoms with Crippen LogP contribution in [-0.2, 0) is 14.1 Å². The Morgan fingerprint density at radius 1 is 1.47 bits per heavy atom. The molecule has 0 saturated carbocycles. The van der Waals surface area contributed by atoms with Crippen LogP contribution in [-0.4, -0.2) is 24.3 Å². The van der Waals surface area contributed by atoms with Gasteiger partial charge < -0.3 is 15.4 Å². The van der Waals surface area contributed by atoms with Crippen LogP contribution in [0.5, 0.6) is 0 Å². The largest absolute Gasteiger partial charge is 0.407 e. The number of hydrogen-bond acceptors (Lipinski definition) is 5. The first-order valence-electron chi connectivity index (χ1n) is 4.93. The Labute approximate surface area is 97.0 Å². The fraction of sp³-hybridized carbons (Fsp3) is 0.333. The van der Waals surface area contributed by atoms with Gasteiger partial charge in [-0.3, -0.25) is 9.25 Å². The quantitative estimate of drug-likeness (QED) is 0.636. The van der Waals surface area contributed by atoms with Gasteiger partial charge in [-0.1, -0.05) is 0 Å². The van der Waals surface area contributed by atoms with E-state index in [1.165, 1.54) is 0 Å². The normalized spacial score (nSPS) is 10.5. The smallest absolute Gasteiger partial charge is 0.358 e. The Morgan fingerprint density at radius 3 is 2.71 bits per heavy atom. The van der Waals surface area contributed by atoms with Crippen molar-refractivity contribution in [2.75, 3.05) is 5.32 Å². The minimum atomic E-state index is -0.516. The summed E-state index contributed by atoms with van der Waals surface area (Å²) in [6.45, 7) is 1.70. The molecule has 1 N–H and O–H groups in total. The highest BCUT2D eigenvalue weighted by molar-refractivity contribution is 5.61. The molecule has 2 aromatic rings. The molecule has 0 spiro atoms. The Morgan fingerprint density at radius 2 is 2.18 bits per heavy atom. The number of hydrogen-bond donors (Lipinski definition) is 1. The molecule has 0 aliphatic heterocycles. The van der Waals surface area contributed by atoms with E-state index in [4.69, 9.17) is 0 Å². The number of aryl methyl sites for hydroxylation is 2. The molecule has 0 amide bonds. The van der Waals surface area contributed by atoms with Crippen LogP contribution < -0.4 is 5.32 Å². The molecule has 0 radical (unpaired) electrons. The minimum Gasteiger partial charge on any atom is -0.358 e. The highest BCUT2D eigenvalue weighted by Gasteiger charge is 2.23. The standard InChI is InChI=1S/C9H12N6O2/c1-6-10-9(15(16)17)8(14(6)3)11-7-4-5-13(2)12-7/h4-5H,1-3H3,(H,11,12). The first kappa shape index (κ1) is 11.1. The Balaban J connectivity index is 2.40. The van der Waals surface area contributed by atoms with Gasteiger partial charge in [-0.25, -0.2) is 0 Å². The maximum atomic E-state index is 10.8. The zero-order valence-corrected chi connectivity index (χ0v) is 9.71. The number of nitrogens with one attached hydrogen (secondary N) is 1. The number of nitrogens with zero attached hydrogens (tertiary/aromatic N) is 5. The number of imidazole rings is 1. The average Bonchev–Trinajstić information content (AvgIpc) is 2.77. The summed E-state index contributed by atoms with van der Waals surface area (Å²) in [5.74, 6) is 1.23. The van der Waals surface area contributed by atoms with E-state index < -0.39 is 4.92 Å². The first-order chi connectivity index (χ1) is 7.99. The van der Waals surface area contributed by atoms with Crippen LogP contribution in [0.25, 0.3) is 0 Å². The van der Waals surface area contributed by atoms with Crippen LogP contribution in [0.1, 0.15) is 5.82 Å². The predicted molar refractivity (Wildman–Crippen MR) is 61.1 cm³/mol. The second kappa shape index (κ2) is 3.89. The first-order valence-corrected chi connectivity index (χ1v) is 4.93. The SMILES string of the molecule is Cc1nc([N+](=O)[O-])c(Nc2ccn(C)n2)n1C. The molecule has 2 rings (SSSR count). The second-order valence-corrected chi connectivity index (χ2v) is 3.65. The monoisotopic (exact) mass is 236 g/mol. The molecule has 90 valence electrons. The van der Waals surface area contributed by atoms with Gasteiger partial charge >= 0.3 is 5.82 Å². The maximum Gasteiger partial charge on any atom is 0.407 e. The highest BCUT2D eigenvalue weighted by atomic mass is 16.6. The van der Waals surface area contributed by atoms with Crippen molar-refractivity contribution in [3.05, 3.63) is 28.2 Å². The molecule has 0 aliphatic carbocycles. The van der Waals surface area contributed by atoms with Gasteiger partial charge in [-0.15, -0.1) is 0 Å².